The number of halogens is 2. The zero-order valence-electron chi connectivity index (χ0n) is 23.0. The molecule has 0 spiro atoms. The summed E-state index contributed by atoms with van der Waals surface area (Å²) < 4.78 is 13.8. The number of allylic oxidation sites excluding steroid dienone is 1. The van der Waals surface area contributed by atoms with Crippen LogP contribution in [-0.4, -0.2) is 23.1 Å². The van der Waals surface area contributed by atoms with Gasteiger partial charge in [-0.2, -0.15) is 0 Å². The van der Waals surface area contributed by atoms with Crippen LogP contribution in [-0.2, 0) is 0 Å². The molecule has 0 amide bonds. The first-order valence-corrected chi connectivity index (χ1v) is 14.2. The van der Waals surface area contributed by atoms with Crippen molar-refractivity contribution in [3.63, 3.8) is 0 Å². The predicted molar refractivity (Wildman–Crippen MR) is 170 cm³/mol. The fourth-order valence-electron chi connectivity index (χ4n) is 4.09. The van der Waals surface area contributed by atoms with Crippen molar-refractivity contribution in [2.75, 3.05) is 0 Å². The Hall–Kier alpha value is -5.07. The first-order valence-electron chi connectivity index (χ1n) is 13.4. The summed E-state index contributed by atoms with van der Waals surface area (Å²) in [5.41, 5.74) is 2.59. The molecule has 0 aliphatic rings. The van der Waals surface area contributed by atoms with Gasteiger partial charge in [0.25, 0.3) is 0 Å². The SMILES string of the molecule is O=C(C(=Cc1ccc(F)c(Br)c1)C(=O)c1ccccc1)c1ccccc1.O=C(CC(=O)c1ccccc1)c1ccccc1. The number of carbonyl (C=O) groups excluding carboxylic acids is 4. The highest BCUT2D eigenvalue weighted by Crippen LogP contribution is 2.22. The Morgan fingerprint density at radius 2 is 0.907 bits per heavy atom. The van der Waals surface area contributed by atoms with Gasteiger partial charge < -0.3 is 0 Å². The van der Waals surface area contributed by atoms with Gasteiger partial charge in [-0.1, -0.05) is 127 Å². The molecule has 212 valence electrons. The number of hydrogen-bond donors (Lipinski definition) is 0. The Kier molecular flexibility index (Phi) is 10.9. The van der Waals surface area contributed by atoms with Gasteiger partial charge in [-0.05, 0) is 39.7 Å². The minimum absolute atomic E-state index is 0.0286. The first kappa shape index (κ1) is 30.9. The number of benzene rings is 5. The standard InChI is InChI=1S/C22H14BrFO2.C15H12O2/c23-19-14-15(11-12-20(19)24)13-18(21(25)16-7-3-1-4-8-16)22(26)17-9-5-2-6-10-17;16-14(12-7-3-1-4-8-12)11-15(17)13-9-5-2-6-10-13/h1-14H;1-10H,11H2. The van der Waals surface area contributed by atoms with Gasteiger partial charge in [-0.15, -0.1) is 0 Å². The average molecular weight is 634 g/mol. The van der Waals surface area contributed by atoms with E-state index in [1.165, 1.54) is 24.3 Å². The molecular weight excluding hydrogens is 607 g/mol. The van der Waals surface area contributed by atoms with E-state index in [-0.39, 0.29) is 39.6 Å². The number of rotatable bonds is 9. The summed E-state index contributed by atoms with van der Waals surface area (Å²) in [6, 6.07) is 39.3. The Morgan fingerprint density at radius 1 is 0.535 bits per heavy atom. The summed E-state index contributed by atoms with van der Waals surface area (Å²) in [5.74, 6) is -1.44. The van der Waals surface area contributed by atoms with E-state index in [1.54, 1.807) is 109 Å². The summed E-state index contributed by atoms with van der Waals surface area (Å²) in [6.45, 7) is 0. The first-order chi connectivity index (χ1) is 20.8. The van der Waals surface area contributed by atoms with Crippen molar-refractivity contribution in [2.45, 2.75) is 6.42 Å². The highest BCUT2D eigenvalue weighted by atomic mass is 79.9. The largest absolute Gasteiger partial charge is 0.294 e. The second-order valence-corrected chi connectivity index (χ2v) is 10.2. The minimum atomic E-state index is -0.410. The number of Topliss-reactive ketones (excluding diaryl/α,β-unsaturated/α-hetero) is 4. The third-order valence-electron chi connectivity index (χ3n) is 6.33. The van der Waals surface area contributed by atoms with Gasteiger partial charge in [-0.25, -0.2) is 4.39 Å². The summed E-state index contributed by atoms with van der Waals surface area (Å²) in [6.07, 6.45) is 1.42. The summed E-state index contributed by atoms with van der Waals surface area (Å²) >= 11 is 3.13. The molecule has 5 aromatic rings. The van der Waals surface area contributed by atoms with Crippen molar-refractivity contribution in [2.24, 2.45) is 0 Å². The van der Waals surface area contributed by atoms with Crippen LogP contribution >= 0.6 is 15.9 Å². The maximum Gasteiger partial charge on any atom is 0.196 e. The zero-order valence-corrected chi connectivity index (χ0v) is 24.5. The number of carbonyl (C=O) groups is 4. The van der Waals surface area contributed by atoms with E-state index in [4.69, 9.17) is 0 Å². The highest BCUT2D eigenvalue weighted by molar-refractivity contribution is 9.10. The van der Waals surface area contributed by atoms with Crippen LogP contribution < -0.4 is 0 Å². The fourth-order valence-corrected chi connectivity index (χ4v) is 4.49. The van der Waals surface area contributed by atoms with Crippen LogP contribution in [0.2, 0.25) is 0 Å². The van der Waals surface area contributed by atoms with Crippen molar-refractivity contribution in [1.82, 2.24) is 0 Å². The van der Waals surface area contributed by atoms with Crippen LogP contribution in [0, 0.1) is 5.82 Å². The van der Waals surface area contributed by atoms with Crippen molar-refractivity contribution >= 4 is 45.1 Å². The highest BCUT2D eigenvalue weighted by Gasteiger charge is 2.21. The van der Waals surface area contributed by atoms with Crippen LogP contribution in [0.5, 0.6) is 0 Å². The third-order valence-corrected chi connectivity index (χ3v) is 6.94. The summed E-state index contributed by atoms with van der Waals surface area (Å²) in [7, 11) is 0. The molecule has 0 aromatic heterocycles. The van der Waals surface area contributed by atoms with Gasteiger partial charge in [0, 0.05) is 22.3 Å². The molecule has 43 heavy (non-hydrogen) atoms. The predicted octanol–water partition coefficient (Wildman–Crippen LogP) is 8.88. The molecule has 0 fully saturated rings. The molecule has 0 unspecified atom stereocenters. The van der Waals surface area contributed by atoms with Crippen molar-refractivity contribution < 1.29 is 23.6 Å². The quantitative estimate of drug-likeness (QED) is 0.0704. The van der Waals surface area contributed by atoms with Crippen molar-refractivity contribution in [3.8, 4) is 0 Å². The third kappa shape index (κ3) is 8.71. The maximum atomic E-state index is 13.5. The van der Waals surface area contributed by atoms with E-state index in [0.717, 1.165) is 0 Å². The fraction of sp³-hybridized carbons (Fsp3) is 0.0270. The van der Waals surface area contributed by atoms with E-state index >= 15 is 0 Å². The molecule has 0 atom stereocenters. The number of hydrogen-bond acceptors (Lipinski definition) is 4. The molecule has 0 heterocycles. The van der Waals surface area contributed by atoms with Gasteiger partial charge in [-0.3, -0.25) is 19.2 Å². The molecule has 0 N–H and O–H groups in total. The van der Waals surface area contributed by atoms with Crippen molar-refractivity contribution in [3.05, 3.63) is 183 Å². The number of ketones is 4. The lowest BCUT2D eigenvalue weighted by molar-refractivity contribution is 0.0891. The summed E-state index contributed by atoms with van der Waals surface area (Å²) in [4.78, 5) is 49.5. The van der Waals surface area contributed by atoms with Crippen LogP contribution in [0.4, 0.5) is 4.39 Å². The van der Waals surface area contributed by atoms with Gasteiger partial charge in [0.15, 0.2) is 23.1 Å². The van der Waals surface area contributed by atoms with E-state index < -0.39 is 5.82 Å². The minimum Gasteiger partial charge on any atom is -0.294 e. The Bertz CT molecular complexity index is 1650. The molecule has 0 aliphatic carbocycles. The molecule has 0 aliphatic heterocycles. The van der Waals surface area contributed by atoms with Crippen LogP contribution in [0.1, 0.15) is 53.4 Å². The smallest absolute Gasteiger partial charge is 0.196 e. The maximum absolute atomic E-state index is 13.5. The summed E-state index contributed by atoms with van der Waals surface area (Å²) in [5, 5.41) is 0. The van der Waals surface area contributed by atoms with Gasteiger partial charge >= 0.3 is 0 Å². The second-order valence-electron chi connectivity index (χ2n) is 9.38. The van der Waals surface area contributed by atoms with Crippen LogP contribution in [0.15, 0.2) is 150 Å². The second kappa shape index (κ2) is 15.2. The molecular formula is C37H26BrFO4. The molecule has 0 bridgehead atoms. The lowest BCUT2D eigenvalue weighted by atomic mass is 9.94. The van der Waals surface area contributed by atoms with Gasteiger partial charge in [0.05, 0.1) is 16.5 Å². The van der Waals surface area contributed by atoms with E-state index in [2.05, 4.69) is 15.9 Å². The van der Waals surface area contributed by atoms with E-state index in [9.17, 15) is 23.6 Å². The zero-order chi connectivity index (χ0) is 30.6. The molecule has 0 saturated carbocycles. The molecule has 6 heteroatoms. The normalized spacial score (nSPS) is 10.1. The van der Waals surface area contributed by atoms with Crippen LogP contribution in [0.25, 0.3) is 6.08 Å². The monoisotopic (exact) mass is 632 g/mol. The molecule has 5 rings (SSSR count). The van der Waals surface area contributed by atoms with Gasteiger partial charge in [0.1, 0.15) is 5.82 Å². The van der Waals surface area contributed by atoms with Crippen LogP contribution in [0.3, 0.4) is 0 Å². The Balaban J connectivity index is 0.000000215. The van der Waals surface area contributed by atoms with E-state index in [1.807, 2.05) is 12.1 Å². The molecule has 4 nitrogen and oxygen atoms in total. The Labute approximate surface area is 257 Å². The topological polar surface area (TPSA) is 68.3 Å². The lowest BCUT2D eigenvalue weighted by Gasteiger charge is -2.07. The Morgan fingerprint density at radius 3 is 1.28 bits per heavy atom. The molecule has 5 aromatic carbocycles. The average Bonchev–Trinajstić information content (AvgIpc) is 3.06. The van der Waals surface area contributed by atoms with Crippen molar-refractivity contribution in [1.29, 1.82) is 0 Å². The van der Waals surface area contributed by atoms with E-state index in [0.29, 0.717) is 27.8 Å². The van der Waals surface area contributed by atoms with Gasteiger partial charge in [0.2, 0.25) is 0 Å². The molecule has 0 saturated heterocycles. The lowest BCUT2D eigenvalue weighted by Crippen LogP contribution is -2.13. The molecule has 0 radical (unpaired) electrons.